The van der Waals surface area contributed by atoms with Gasteiger partial charge in [-0.25, -0.2) is 4.79 Å². The molecule has 14 heavy (non-hydrogen) atoms. The first-order chi connectivity index (χ1) is 6.76. The number of alkyl halides is 1. The highest BCUT2D eigenvalue weighted by Gasteiger charge is 2.04. The van der Waals surface area contributed by atoms with E-state index < -0.39 is 6.16 Å². The molecule has 0 radical (unpaired) electrons. The molecule has 0 aliphatic carbocycles. The maximum atomic E-state index is 10.8. The summed E-state index contributed by atoms with van der Waals surface area (Å²) in [6.07, 6.45) is -0.829. The lowest BCUT2D eigenvalue weighted by atomic mass is 10.3. The van der Waals surface area contributed by atoms with E-state index in [0.717, 1.165) is 0 Å². The molecule has 0 amide bonds. The average Bonchev–Trinajstić information content (AvgIpc) is 2.19. The van der Waals surface area contributed by atoms with Crippen LogP contribution in [0.5, 0.6) is 11.5 Å². The summed E-state index contributed by atoms with van der Waals surface area (Å²) >= 11 is 5.17. The van der Waals surface area contributed by atoms with Gasteiger partial charge in [0.2, 0.25) is 0 Å². The van der Waals surface area contributed by atoms with Gasteiger partial charge in [0.05, 0.1) is 7.11 Å². The van der Waals surface area contributed by atoms with Crippen LogP contribution in [0.2, 0.25) is 0 Å². The molecule has 1 rings (SSSR count). The summed E-state index contributed by atoms with van der Waals surface area (Å²) in [6.45, 7) is 0. The van der Waals surface area contributed by atoms with Crippen molar-refractivity contribution in [3.8, 4) is 11.5 Å². The second-order valence-corrected chi connectivity index (χ2v) is 2.50. The Labute approximate surface area is 86.3 Å². The fourth-order valence-electron chi connectivity index (χ4n) is 0.814. The molecule has 0 spiro atoms. The number of benzene rings is 1. The van der Waals surface area contributed by atoms with Crippen molar-refractivity contribution in [2.45, 2.75) is 0 Å². The van der Waals surface area contributed by atoms with Crippen LogP contribution in [0.25, 0.3) is 0 Å². The molecule has 1 aromatic rings. The van der Waals surface area contributed by atoms with E-state index in [9.17, 15) is 4.79 Å². The van der Waals surface area contributed by atoms with E-state index in [0.29, 0.717) is 11.5 Å². The molecule has 4 nitrogen and oxygen atoms in total. The highest BCUT2D eigenvalue weighted by Crippen LogP contribution is 2.17. The molecular formula is C9H9ClO4. The molecule has 76 valence electrons. The van der Waals surface area contributed by atoms with E-state index in [1.165, 1.54) is 0 Å². The quantitative estimate of drug-likeness (QED) is 0.442. The fourth-order valence-corrected chi connectivity index (χ4v) is 0.903. The number of rotatable bonds is 3. The van der Waals surface area contributed by atoms with Crippen LogP contribution < -0.4 is 9.47 Å². The highest BCUT2D eigenvalue weighted by molar-refractivity contribution is 6.17. The maximum absolute atomic E-state index is 10.8. The number of carbonyl (C=O) groups excluding carboxylic acids is 1. The molecule has 0 N–H and O–H groups in total. The average molecular weight is 217 g/mol. The van der Waals surface area contributed by atoms with Crippen LogP contribution in [0.3, 0.4) is 0 Å². The van der Waals surface area contributed by atoms with Gasteiger partial charge in [-0.1, -0.05) is 11.6 Å². The van der Waals surface area contributed by atoms with Gasteiger partial charge in [0.1, 0.15) is 11.5 Å². The molecule has 0 fully saturated rings. The van der Waals surface area contributed by atoms with E-state index in [-0.39, 0.29) is 6.07 Å². The minimum absolute atomic E-state index is 0.227. The summed E-state index contributed by atoms with van der Waals surface area (Å²) in [5, 5.41) is 0. The molecular weight excluding hydrogens is 208 g/mol. The Hall–Kier alpha value is -1.42. The van der Waals surface area contributed by atoms with Crippen molar-refractivity contribution in [3.05, 3.63) is 24.3 Å². The van der Waals surface area contributed by atoms with Crippen molar-refractivity contribution in [2.24, 2.45) is 0 Å². The summed E-state index contributed by atoms with van der Waals surface area (Å²) in [5.74, 6) is 1.06. The molecule has 0 unspecified atom stereocenters. The first kappa shape index (κ1) is 10.7. The molecule has 0 aliphatic rings. The van der Waals surface area contributed by atoms with E-state index in [1.54, 1.807) is 31.4 Å². The topological polar surface area (TPSA) is 44.8 Å². The minimum Gasteiger partial charge on any atom is -0.497 e. The minimum atomic E-state index is -0.829. The Morgan fingerprint density at radius 3 is 2.36 bits per heavy atom. The number of methoxy groups -OCH3 is 1. The van der Waals surface area contributed by atoms with Gasteiger partial charge in [0, 0.05) is 0 Å². The molecule has 0 saturated carbocycles. The largest absolute Gasteiger partial charge is 0.515 e. The zero-order valence-electron chi connectivity index (χ0n) is 7.53. The van der Waals surface area contributed by atoms with E-state index in [1.807, 2.05) is 0 Å². The van der Waals surface area contributed by atoms with E-state index >= 15 is 0 Å². The second kappa shape index (κ2) is 5.34. The van der Waals surface area contributed by atoms with Crippen molar-refractivity contribution >= 4 is 17.8 Å². The SMILES string of the molecule is COc1ccc(OC(=O)OCCl)cc1. The molecule has 0 aromatic heterocycles. The smallest absolute Gasteiger partial charge is 0.497 e. The van der Waals surface area contributed by atoms with Gasteiger partial charge >= 0.3 is 6.16 Å². The van der Waals surface area contributed by atoms with Crippen LogP contribution >= 0.6 is 11.6 Å². The zero-order valence-corrected chi connectivity index (χ0v) is 8.28. The van der Waals surface area contributed by atoms with Crippen molar-refractivity contribution < 1.29 is 19.0 Å². The molecule has 0 bridgehead atoms. The Balaban J connectivity index is 2.55. The van der Waals surface area contributed by atoms with Gasteiger partial charge in [-0.3, -0.25) is 0 Å². The molecule has 1 aromatic carbocycles. The zero-order chi connectivity index (χ0) is 10.4. The van der Waals surface area contributed by atoms with Crippen LogP contribution in [0.1, 0.15) is 0 Å². The Morgan fingerprint density at radius 2 is 1.86 bits per heavy atom. The Kier molecular flexibility index (Phi) is 4.07. The van der Waals surface area contributed by atoms with Gasteiger partial charge in [0.15, 0.2) is 6.07 Å². The number of ether oxygens (including phenoxy) is 3. The summed E-state index contributed by atoms with van der Waals surface area (Å²) in [6, 6.07) is 6.30. The van der Waals surface area contributed by atoms with Crippen LogP contribution in [0.15, 0.2) is 24.3 Å². The van der Waals surface area contributed by atoms with E-state index in [4.69, 9.17) is 21.1 Å². The number of carbonyl (C=O) groups is 1. The predicted octanol–water partition coefficient (Wildman–Crippen LogP) is 2.41. The second-order valence-electron chi connectivity index (χ2n) is 2.28. The third-order valence-electron chi connectivity index (χ3n) is 1.43. The molecule has 0 heterocycles. The third kappa shape index (κ3) is 3.14. The van der Waals surface area contributed by atoms with Crippen molar-refractivity contribution in [1.29, 1.82) is 0 Å². The molecule has 0 atom stereocenters. The number of hydrogen-bond acceptors (Lipinski definition) is 4. The normalized spacial score (nSPS) is 9.29. The standard InChI is InChI=1S/C9H9ClO4/c1-12-7-2-4-8(5-3-7)14-9(11)13-6-10/h2-5H,6H2,1H3. The summed E-state index contributed by atoms with van der Waals surface area (Å²) in [5.41, 5.74) is 0. The first-order valence-corrected chi connectivity index (χ1v) is 4.34. The van der Waals surface area contributed by atoms with Crippen LogP contribution in [-0.4, -0.2) is 19.3 Å². The summed E-state index contributed by atoms with van der Waals surface area (Å²) in [4.78, 5) is 10.8. The van der Waals surface area contributed by atoms with Gasteiger partial charge < -0.3 is 14.2 Å². The Morgan fingerprint density at radius 1 is 1.29 bits per heavy atom. The Bertz CT molecular complexity index is 296. The van der Waals surface area contributed by atoms with Gasteiger partial charge in [-0.05, 0) is 24.3 Å². The number of halogens is 1. The summed E-state index contributed by atoms with van der Waals surface area (Å²) in [7, 11) is 1.55. The van der Waals surface area contributed by atoms with Crippen LogP contribution in [0.4, 0.5) is 4.79 Å². The van der Waals surface area contributed by atoms with Gasteiger partial charge in [0.25, 0.3) is 0 Å². The summed E-state index contributed by atoms with van der Waals surface area (Å²) < 4.78 is 14.1. The first-order valence-electron chi connectivity index (χ1n) is 3.81. The molecule has 0 saturated heterocycles. The van der Waals surface area contributed by atoms with Crippen molar-refractivity contribution in [3.63, 3.8) is 0 Å². The van der Waals surface area contributed by atoms with Crippen LogP contribution in [-0.2, 0) is 4.74 Å². The van der Waals surface area contributed by atoms with Gasteiger partial charge in [-0.2, -0.15) is 0 Å². The van der Waals surface area contributed by atoms with Crippen molar-refractivity contribution in [2.75, 3.05) is 13.2 Å². The van der Waals surface area contributed by atoms with Gasteiger partial charge in [-0.15, -0.1) is 0 Å². The lowest BCUT2D eigenvalue weighted by Crippen LogP contribution is -2.09. The lowest BCUT2D eigenvalue weighted by Gasteiger charge is -2.03. The molecule has 0 aliphatic heterocycles. The monoisotopic (exact) mass is 216 g/mol. The third-order valence-corrected chi connectivity index (χ3v) is 1.54. The number of hydrogen-bond donors (Lipinski definition) is 0. The highest BCUT2D eigenvalue weighted by atomic mass is 35.5. The van der Waals surface area contributed by atoms with Crippen LogP contribution in [0, 0.1) is 0 Å². The molecule has 5 heteroatoms. The maximum Gasteiger partial charge on any atom is 0.515 e. The van der Waals surface area contributed by atoms with E-state index in [2.05, 4.69) is 4.74 Å². The lowest BCUT2D eigenvalue weighted by molar-refractivity contribution is 0.115. The van der Waals surface area contributed by atoms with Crippen molar-refractivity contribution in [1.82, 2.24) is 0 Å². The predicted molar refractivity (Wildman–Crippen MR) is 50.8 cm³/mol. The fraction of sp³-hybridized carbons (Fsp3) is 0.222.